The van der Waals surface area contributed by atoms with Gasteiger partial charge in [-0.05, 0) is 6.92 Å². The fourth-order valence-electron chi connectivity index (χ4n) is 1.52. The molecule has 0 aromatic carbocycles. The fraction of sp³-hybridized carbons (Fsp3) is 0.800. The summed E-state index contributed by atoms with van der Waals surface area (Å²) in [5.41, 5.74) is 0. The third-order valence-electron chi connectivity index (χ3n) is 2.46. The third kappa shape index (κ3) is 4.59. The molecular weight excluding hydrogens is 208 g/mol. The van der Waals surface area contributed by atoms with Crippen LogP contribution in [0.1, 0.15) is 13.8 Å². The van der Waals surface area contributed by atoms with Crippen molar-refractivity contribution in [2.24, 2.45) is 0 Å². The van der Waals surface area contributed by atoms with Gasteiger partial charge in [0.25, 0.3) is 0 Å². The average molecular weight is 228 g/mol. The van der Waals surface area contributed by atoms with Crippen molar-refractivity contribution in [3.8, 4) is 0 Å². The number of nitrogens with one attached hydrogen (secondary N) is 4. The topological polar surface area (TPSA) is 82.3 Å². The Labute approximate surface area is 95.5 Å². The largest absolute Gasteiger partial charge is 0.355 e. The molecule has 1 rings (SSSR count). The van der Waals surface area contributed by atoms with E-state index in [-0.39, 0.29) is 17.9 Å². The Balaban J connectivity index is 2.12. The molecule has 0 spiro atoms. The summed E-state index contributed by atoms with van der Waals surface area (Å²) in [5.74, 6) is -0.106. The van der Waals surface area contributed by atoms with Crippen molar-refractivity contribution in [1.82, 2.24) is 21.3 Å². The van der Waals surface area contributed by atoms with Crippen LogP contribution in [0.2, 0.25) is 0 Å². The minimum Gasteiger partial charge on any atom is -0.355 e. The van der Waals surface area contributed by atoms with Crippen molar-refractivity contribution < 1.29 is 9.59 Å². The standard InChI is InChI=1S/C10H20N4O2/c1-7-5-14-9(6-13-7)10(16)12-4-3-11-8(2)15/h7,9,13-14H,3-6H2,1-2H3,(H,11,15)(H,12,16). The molecule has 16 heavy (non-hydrogen) atoms. The van der Waals surface area contributed by atoms with Crippen LogP contribution in [0.25, 0.3) is 0 Å². The van der Waals surface area contributed by atoms with Crippen molar-refractivity contribution in [3.05, 3.63) is 0 Å². The van der Waals surface area contributed by atoms with E-state index in [1.165, 1.54) is 6.92 Å². The highest BCUT2D eigenvalue weighted by Gasteiger charge is 2.22. The molecule has 2 atom stereocenters. The first kappa shape index (κ1) is 12.9. The van der Waals surface area contributed by atoms with E-state index in [1.807, 2.05) is 0 Å². The number of rotatable bonds is 4. The van der Waals surface area contributed by atoms with Gasteiger partial charge in [-0.3, -0.25) is 9.59 Å². The fourth-order valence-corrected chi connectivity index (χ4v) is 1.52. The maximum Gasteiger partial charge on any atom is 0.238 e. The van der Waals surface area contributed by atoms with Gasteiger partial charge >= 0.3 is 0 Å². The lowest BCUT2D eigenvalue weighted by Gasteiger charge is -2.28. The van der Waals surface area contributed by atoms with Crippen LogP contribution in [0.3, 0.4) is 0 Å². The van der Waals surface area contributed by atoms with Crippen LogP contribution in [0.4, 0.5) is 0 Å². The Bertz CT molecular complexity index is 249. The Hall–Kier alpha value is -1.14. The van der Waals surface area contributed by atoms with Crippen LogP contribution in [-0.2, 0) is 9.59 Å². The van der Waals surface area contributed by atoms with Crippen LogP contribution in [-0.4, -0.2) is 50.1 Å². The zero-order chi connectivity index (χ0) is 12.0. The van der Waals surface area contributed by atoms with E-state index in [0.29, 0.717) is 25.7 Å². The lowest BCUT2D eigenvalue weighted by Crippen LogP contribution is -2.59. The van der Waals surface area contributed by atoms with Crippen molar-refractivity contribution >= 4 is 11.8 Å². The quantitative estimate of drug-likeness (QED) is 0.427. The molecule has 92 valence electrons. The van der Waals surface area contributed by atoms with E-state index in [4.69, 9.17) is 0 Å². The third-order valence-corrected chi connectivity index (χ3v) is 2.46. The Morgan fingerprint density at radius 1 is 1.19 bits per heavy atom. The molecule has 1 saturated heterocycles. The molecular formula is C10H20N4O2. The summed E-state index contributed by atoms with van der Waals surface area (Å²) < 4.78 is 0. The van der Waals surface area contributed by atoms with Gasteiger partial charge in [0.2, 0.25) is 11.8 Å². The van der Waals surface area contributed by atoms with E-state index in [1.54, 1.807) is 0 Å². The summed E-state index contributed by atoms with van der Waals surface area (Å²) in [6.45, 7) is 5.90. The maximum absolute atomic E-state index is 11.6. The number of hydrogen-bond acceptors (Lipinski definition) is 4. The summed E-state index contributed by atoms with van der Waals surface area (Å²) in [4.78, 5) is 22.2. The zero-order valence-electron chi connectivity index (χ0n) is 9.80. The molecule has 0 saturated carbocycles. The predicted molar refractivity (Wildman–Crippen MR) is 60.9 cm³/mol. The van der Waals surface area contributed by atoms with Gasteiger partial charge < -0.3 is 21.3 Å². The smallest absolute Gasteiger partial charge is 0.238 e. The molecule has 1 heterocycles. The average Bonchev–Trinajstić information content (AvgIpc) is 2.25. The van der Waals surface area contributed by atoms with Gasteiger partial charge in [0.15, 0.2) is 0 Å². The van der Waals surface area contributed by atoms with Crippen molar-refractivity contribution in [2.75, 3.05) is 26.2 Å². The van der Waals surface area contributed by atoms with Gasteiger partial charge in [-0.1, -0.05) is 0 Å². The van der Waals surface area contributed by atoms with E-state index in [0.717, 1.165) is 6.54 Å². The van der Waals surface area contributed by atoms with Crippen molar-refractivity contribution in [3.63, 3.8) is 0 Å². The predicted octanol–water partition coefficient (Wildman–Crippen LogP) is -1.81. The Kier molecular flexibility index (Phi) is 5.21. The Morgan fingerprint density at radius 2 is 1.88 bits per heavy atom. The molecule has 6 nitrogen and oxygen atoms in total. The van der Waals surface area contributed by atoms with Crippen LogP contribution < -0.4 is 21.3 Å². The molecule has 1 aliphatic heterocycles. The number of carbonyl (C=O) groups is 2. The van der Waals surface area contributed by atoms with Crippen LogP contribution in [0, 0.1) is 0 Å². The molecule has 0 aliphatic carbocycles. The summed E-state index contributed by atoms with van der Waals surface area (Å²) in [5, 5.41) is 11.8. The maximum atomic E-state index is 11.6. The summed E-state index contributed by atoms with van der Waals surface area (Å²) in [6, 6.07) is 0.233. The van der Waals surface area contributed by atoms with Gasteiger partial charge in [0, 0.05) is 39.1 Å². The minimum absolute atomic E-state index is 0.0234. The van der Waals surface area contributed by atoms with Gasteiger partial charge in [-0.2, -0.15) is 0 Å². The Morgan fingerprint density at radius 3 is 2.44 bits per heavy atom. The van der Waals surface area contributed by atoms with Gasteiger partial charge in [-0.25, -0.2) is 0 Å². The SMILES string of the molecule is CC(=O)NCCNC(=O)C1CNC(C)CN1. The molecule has 0 radical (unpaired) electrons. The molecule has 1 fully saturated rings. The molecule has 6 heteroatoms. The van der Waals surface area contributed by atoms with Crippen molar-refractivity contribution in [2.45, 2.75) is 25.9 Å². The van der Waals surface area contributed by atoms with Gasteiger partial charge in [0.05, 0.1) is 6.04 Å². The lowest BCUT2D eigenvalue weighted by atomic mass is 10.1. The lowest BCUT2D eigenvalue weighted by molar-refractivity contribution is -0.124. The molecule has 2 unspecified atom stereocenters. The second kappa shape index (κ2) is 6.44. The second-order valence-electron chi connectivity index (χ2n) is 4.04. The second-order valence-corrected chi connectivity index (χ2v) is 4.04. The number of amides is 2. The van der Waals surface area contributed by atoms with Crippen molar-refractivity contribution in [1.29, 1.82) is 0 Å². The molecule has 0 aromatic heterocycles. The molecule has 1 aliphatic rings. The van der Waals surface area contributed by atoms with E-state index >= 15 is 0 Å². The first-order valence-electron chi connectivity index (χ1n) is 5.58. The number of piperazine rings is 1. The number of hydrogen-bond donors (Lipinski definition) is 4. The van der Waals surface area contributed by atoms with E-state index in [2.05, 4.69) is 28.2 Å². The van der Waals surface area contributed by atoms with Crippen LogP contribution in [0.5, 0.6) is 0 Å². The molecule has 0 bridgehead atoms. The molecule has 4 N–H and O–H groups in total. The summed E-state index contributed by atoms with van der Waals surface area (Å²) in [6.07, 6.45) is 0. The van der Waals surface area contributed by atoms with Gasteiger partial charge in [0.1, 0.15) is 0 Å². The minimum atomic E-state index is -0.173. The molecule has 2 amide bonds. The highest BCUT2D eigenvalue weighted by atomic mass is 16.2. The summed E-state index contributed by atoms with van der Waals surface area (Å²) in [7, 11) is 0. The first-order chi connectivity index (χ1) is 7.59. The van der Waals surface area contributed by atoms with Crippen LogP contribution >= 0.6 is 0 Å². The highest BCUT2D eigenvalue weighted by Crippen LogP contribution is 1.92. The van der Waals surface area contributed by atoms with Crippen LogP contribution in [0.15, 0.2) is 0 Å². The normalized spacial score (nSPS) is 24.9. The van der Waals surface area contributed by atoms with E-state index in [9.17, 15) is 9.59 Å². The van der Waals surface area contributed by atoms with E-state index < -0.39 is 0 Å². The summed E-state index contributed by atoms with van der Waals surface area (Å²) >= 11 is 0. The van der Waals surface area contributed by atoms with Gasteiger partial charge in [-0.15, -0.1) is 0 Å². The first-order valence-corrected chi connectivity index (χ1v) is 5.58. The molecule has 0 aromatic rings. The monoisotopic (exact) mass is 228 g/mol. The highest BCUT2D eigenvalue weighted by molar-refractivity contribution is 5.82. The zero-order valence-corrected chi connectivity index (χ0v) is 9.80. The number of carbonyl (C=O) groups excluding carboxylic acids is 2.